The van der Waals surface area contributed by atoms with Crippen LogP contribution in [0.1, 0.15) is 10.5 Å². The molecule has 0 saturated carbocycles. The zero-order chi connectivity index (χ0) is 18.4. The lowest BCUT2D eigenvalue weighted by Crippen LogP contribution is -2.41. The van der Waals surface area contributed by atoms with Gasteiger partial charge in [0.05, 0.1) is 23.9 Å². The lowest BCUT2D eigenvalue weighted by molar-refractivity contribution is 0.0383. The predicted molar refractivity (Wildman–Crippen MR) is 101 cm³/mol. The van der Waals surface area contributed by atoms with Crippen LogP contribution < -0.4 is 10.6 Å². The number of nitrogens with zero attached hydrogens (tertiary/aromatic N) is 3. The maximum absolute atomic E-state index is 12.3. The number of halogens is 2. The maximum atomic E-state index is 12.3. The normalized spacial score (nSPS) is 14.8. The number of hydrogen-bond donors (Lipinski definition) is 2. The Kier molecular flexibility index (Phi) is 6.62. The number of nitrogens with one attached hydrogen (secondary N) is 2. The van der Waals surface area contributed by atoms with Gasteiger partial charge in [0.2, 0.25) is 0 Å². The van der Waals surface area contributed by atoms with E-state index in [4.69, 9.17) is 27.9 Å². The number of aromatic nitrogens is 2. The lowest BCUT2D eigenvalue weighted by atomic mass is 10.3. The molecule has 1 amide bonds. The molecule has 9 heteroatoms. The molecule has 26 heavy (non-hydrogen) atoms. The minimum absolute atomic E-state index is 0.245. The minimum Gasteiger partial charge on any atom is -0.379 e. The molecule has 138 valence electrons. The Bertz CT molecular complexity index is 769. The molecule has 1 aromatic carbocycles. The summed E-state index contributed by atoms with van der Waals surface area (Å²) in [4.78, 5) is 22.7. The monoisotopic (exact) mass is 395 g/mol. The number of benzene rings is 1. The molecule has 2 aromatic rings. The van der Waals surface area contributed by atoms with Gasteiger partial charge in [0.25, 0.3) is 5.91 Å². The van der Waals surface area contributed by atoms with Crippen LogP contribution in [0.15, 0.2) is 30.6 Å². The van der Waals surface area contributed by atoms with Crippen LogP contribution >= 0.6 is 23.2 Å². The van der Waals surface area contributed by atoms with E-state index >= 15 is 0 Å². The van der Waals surface area contributed by atoms with E-state index in [0.29, 0.717) is 28.1 Å². The molecule has 7 nitrogen and oxygen atoms in total. The van der Waals surface area contributed by atoms with Crippen molar-refractivity contribution in [1.82, 2.24) is 20.2 Å². The van der Waals surface area contributed by atoms with Crippen molar-refractivity contribution in [2.75, 3.05) is 44.7 Å². The lowest BCUT2D eigenvalue weighted by Gasteiger charge is -2.26. The van der Waals surface area contributed by atoms with Crippen LogP contribution in [0.4, 0.5) is 11.5 Å². The number of carbonyl (C=O) groups excluding carboxylic acids is 1. The number of ether oxygens (including phenoxy) is 1. The third-order valence-electron chi connectivity index (χ3n) is 3.91. The molecule has 1 aliphatic heterocycles. The summed E-state index contributed by atoms with van der Waals surface area (Å²) in [6, 6.07) is 6.67. The molecule has 0 spiro atoms. The fourth-order valence-electron chi connectivity index (χ4n) is 2.52. The van der Waals surface area contributed by atoms with E-state index in [-0.39, 0.29) is 11.6 Å². The van der Waals surface area contributed by atoms with Crippen molar-refractivity contribution in [2.24, 2.45) is 0 Å². The van der Waals surface area contributed by atoms with Gasteiger partial charge in [-0.15, -0.1) is 0 Å². The van der Waals surface area contributed by atoms with Crippen molar-refractivity contribution in [2.45, 2.75) is 0 Å². The molecular formula is C17H19Cl2N5O2. The van der Waals surface area contributed by atoms with Gasteiger partial charge >= 0.3 is 0 Å². The summed E-state index contributed by atoms with van der Waals surface area (Å²) in [5.74, 6) is 0.230. The van der Waals surface area contributed by atoms with Crippen molar-refractivity contribution >= 4 is 40.6 Å². The fourth-order valence-corrected chi connectivity index (χ4v) is 2.98. The SMILES string of the molecule is O=C(NCCN1CCOCC1)c1cc(Nc2ccc(Cl)cc2Cl)ncn1. The van der Waals surface area contributed by atoms with E-state index in [1.165, 1.54) is 6.33 Å². The van der Waals surface area contributed by atoms with Crippen LogP contribution in [-0.2, 0) is 4.74 Å². The molecule has 0 aliphatic carbocycles. The minimum atomic E-state index is -0.245. The van der Waals surface area contributed by atoms with Gasteiger partial charge in [0, 0.05) is 37.3 Å². The van der Waals surface area contributed by atoms with Crippen molar-refractivity contribution in [1.29, 1.82) is 0 Å². The van der Waals surface area contributed by atoms with Crippen LogP contribution in [0.3, 0.4) is 0 Å². The Morgan fingerprint density at radius 2 is 2.00 bits per heavy atom. The molecular weight excluding hydrogens is 377 g/mol. The number of amides is 1. The summed E-state index contributed by atoms with van der Waals surface area (Å²) in [6.45, 7) is 4.59. The summed E-state index contributed by atoms with van der Waals surface area (Å²) >= 11 is 12.0. The molecule has 1 aliphatic rings. The van der Waals surface area contributed by atoms with Crippen LogP contribution in [0.2, 0.25) is 10.0 Å². The fraction of sp³-hybridized carbons (Fsp3) is 0.353. The quantitative estimate of drug-likeness (QED) is 0.782. The Morgan fingerprint density at radius 1 is 1.19 bits per heavy atom. The Hall–Kier alpha value is -1.93. The van der Waals surface area contributed by atoms with E-state index in [2.05, 4.69) is 25.5 Å². The van der Waals surface area contributed by atoms with Gasteiger partial charge in [0.1, 0.15) is 17.8 Å². The third-order valence-corrected chi connectivity index (χ3v) is 4.46. The second kappa shape index (κ2) is 9.14. The van der Waals surface area contributed by atoms with Crippen molar-refractivity contribution in [3.05, 3.63) is 46.3 Å². The highest BCUT2D eigenvalue weighted by molar-refractivity contribution is 6.36. The first-order chi connectivity index (χ1) is 12.6. The summed E-state index contributed by atoms with van der Waals surface area (Å²) in [6.07, 6.45) is 1.34. The van der Waals surface area contributed by atoms with E-state index in [0.717, 1.165) is 32.8 Å². The molecule has 0 bridgehead atoms. The van der Waals surface area contributed by atoms with E-state index in [1.807, 2.05) is 0 Å². The van der Waals surface area contributed by atoms with Gasteiger partial charge in [-0.25, -0.2) is 9.97 Å². The first kappa shape index (κ1) is 18.8. The zero-order valence-corrected chi connectivity index (χ0v) is 15.6. The van der Waals surface area contributed by atoms with Gasteiger partial charge < -0.3 is 15.4 Å². The number of morpholine rings is 1. The summed E-state index contributed by atoms with van der Waals surface area (Å²) in [7, 11) is 0. The smallest absolute Gasteiger partial charge is 0.270 e. The largest absolute Gasteiger partial charge is 0.379 e. The Morgan fingerprint density at radius 3 is 2.77 bits per heavy atom. The number of rotatable bonds is 6. The van der Waals surface area contributed by atoms with Gasteiger partial charge in [-0.05, 0) is 18.2 Å². The highest BCUT2D eigenvalue weighted by atomic mass is 35.5. The van der Waals surface area contributed by atoms with Crippen LogP contribution in [0, 0.1) is 0 Å². The van der Waals surface area contributed by atoms with E-state index in [1.54, 1.807) is 24.3 Å². The van der Waals surface area contributed by atoms with Crippen LogP contribution in [-0.4, -0.2) is 60.2 Å². The third kappa shape index (κ3) is 5.28. The highest BCUT2D eigenvalue weighted by Crippen LogP contribution is 2.27. The van der Waals surface area contributed by atoms with Gasteiger partial charge in [-0.1, -0.05) is 23.2 Å². The van der Waals surface area contributed by atoms with Crippen molar-refractivity contribution < 1.29 is 9.53 Å². The topological polar surface area (TPSA) is 79.4 Å². The number of hydrogen-bond acceptors (Lipinski definition) is 6. The molecule has 2 N–H and O–H groups in total. The highest BCUT2D eigenvalue weighted by Gasteiger charge is 2.12. The number of carbonyl (C=O) groups is 1. The first-order valence-corrected chi connectivity index (χ1v) is 9.00. The molecule has 2 heterocycles. The van der Waals surface area contributed by atoms with E-state index in [9.17, 15) is 4.79 Å². The standard InChI is InChI=1S/C17H19Cl2N5O2/c18-12-1-2-14(13(19)9-12)23-16-10-15(21-11-22-16)17(25)20-3-4-24-5-7-26-8-6-24/h1-2,9-11H,3-8H2,(H,20,25)(H,21,22,23). The molecule has 0 radical (unpaired) electrons. The average Bonchev–Trinajstić information content (AvgIpc) is 2.65. The van der Waals surface area contributed by atoms with Crippen LogP contribution in [0.25, 0.3) is 0 Å². The number of anilines is 2. The Balaban J connectivity index is 1.56. The maximum Gasteiger partial charge on any atom is 0.270 e. The summed E-state index contributed by atoms with van der Waals surface area (Å²) < 4.78 is 5.30. The molecule has 1 aromatic heterocycles. The Labute approximate surface area is 161 Å². The van der Waals surface area contributed by atoms with Gasteiger partial charge in [-0.2, -0.15) is 0 Å². The van der Waals surface area contributed by atoms with Crippen molar-refractivity contribution in [3.63, 3.8) is 0 Å². The van der Waals surface area contributed by atoms with Gasteiger partial charge in [-0.3, -0.25) is 9.69 Å². The average molecular weight is 396 g/mol. The predicted octanol–water partition coefficient (Wildman–Crippen LogP) is 2.59. The summed E-state index contributed by atoms with van der Waals surface area (Å²) in [5.41, 5.74) is 0.933. The van der Waals surface area contributed by atoms with E-state index < -0.39 is 0 Å². The molecule has 1 saturated heterocycles. The molecule has 1 fully saturated rings. The molecule has 0 atom stereocenters. The summed E-state index contributed by atoms with van der Waals surface area (Å²) in [5, 5.41) is 6.94. The van der Waals surface area contributed by atoms with Gasteiger partial charge in [0.15, 0.2) is 0 Å². The molecule has 3 rings (SSSR count). The van der Waals surface area contributed by atoms with Crippen molar-refractivity contribution in [3.8, 4) is 0 Å². The molecule has 0 unspecified atom stereocenters. The first-order valence-electron chi connectivity index (χ1n) is 8.24. The second-order valence-electron chi connectivity index (χ2n) is 5.75. The second-order valence-corrected chi connectivity index (χ2v) is 6.59. The zero-order valence-electron chi connectivity index (χ0n) is 14.0. The van der Waals surface area contributed by atoms with Crippen LogP contribution in [0.5, 0.6) is 0 Å².